The van der Waals surface area contributed by atoms with E-state index < -0.39 is 0 Å². The first-order valence-electron chi connectivity index (χ1n) is 5.32. The SMILES string of the molecule is C1CCC1.NCCCCCCN. The van der Waals surface area contributed by atoms with Crippen LogP contribution in [0.25, 0.3) is 0 Å². The van der Waals surface area contributed by atoms with Crippen molar-refractivity contribution in [2.45, 2.75) is 51.4 Å². The minimum Gasteiger partial charge on any atom is -0.330 e. The zero-order valence-corrected chi connectivity index (χ0v) is 8.23. The molecule has 2 nitrogen and oxygen atoms in total. The first kappa shape index (κ1) is 11.9. The molecule has 0 radical (unpaired) electrons. The molecule has 4 N–H and O–H groups in total. The predicted octanol–water partition coefficient (Wildman–Crippen LogP) is 2.02. The maximum absolute atomic E-state index is 5.28. The first-order chi connectivity index (χ1) is 5.91. The molecule has 0 aliphatic heterocycles. The second-order valence-electron chi connectivity index (χ2n) is 3.41. The molecule has 0 unspecified atom stereocenters. The molecule has 1 rings (SSSR count). The van der Waals surface area contributed by atoms with Gasteiger partial charge in [0, 0.05) is 0 Å². The molecule has 2 heteroatoms. The highest BCUT2D eigenvalue weighted by molar-refractivity contribution is 4.50. The minimum absolute atomic E-state index is 0.824. The fourth-order valence-corrected chi connectivity index (χ4v) is 0.892. The van der Waals surface area contributed by atoms with Crippen molar-refractivity contribution in [1.29, 1.82) is 0 Å². The van der Waals surface area contributed by atoms with Crippen LogP contribution in [-0.2, 0) is 0 Å². The van der Waals surface area contributed by atoms with Gasteiger partial charge in [-0.3, -0.25) is 0 Å². The van der Waals surface area contributed by atoms with Crippen molar-refractivity contribution in [3.05, 3.63) is 0 Å². The normalized spacial score (nSPS) is 14.5. The molecule has 1 saturated carbocycles. The van der Waals surface area contributed by atoms with Gasteiger partial charge in [-0.25, -0.2) is 0 Å². The van der Waals surface area contributed by atoms with E-state index in [1.54, 1.807) is 0 Å². The van der Waals surface area contributed by atoms with Gasteiger partial charge in [-0.15, -0.1) is 0 Å². The lowest BCUT2D eigenvalue weighted by Gasteiger charge is -2.05. The zero-order chi connectivity index (χ0) is 9.07. The van der Waals surface area contributed by atoms with E-state index in [0.717, 1.165) is 25.9 Å². The molecule has 74 valence electrons. The molecule has 0 aromatic carbocycles. The summed E-state index contributed by atoms with van der Waals surface area (Å²) in [6, 6.07) is 0. The van der Waals surface area contributed by atoms with Gasteiger partial charge < -0.3 is 11.5 Å². The average Bonchev–Trinajstić information content (AvgIpc) is 1.95. The lowest BCUT2D eigenvalue weighted by atomic mass is 10.0. The standard InChI is InChI=1S/C6H16N2.C4H8/c7-5-3-1-2-4-6-8;1-2-4-3-1/h1-8H2;1-4H2. The van der Waals surface area contributed by atoms with Gasteiger partial charge in [0.25, 0.3) is 0 Å². The Labute approximate surface area is 76.7 Å². The quantitative estimate of drug-likeness (QED) is 0.623. The average molecular weight is 172 g/mol. The molecule has 0 aromatic heterocycles. The van der Waals surface area contributed by atoms with E-state index in [4.69, 9.17) is 11.5 Å². The number of nitrogens with two attached hydrogens (primary N) is 2. The summed E-state index contributed by atoms with van der Waals surface area (Å²) in [4.78, 5) is 0. The lowest BCUT2D eigenvalue weighted by molar-refractivity contribution is 0.504. The van der Waals surface area contributed by atoms with Crippen LogP contribution < -0.4 is 11.5 Å². The number of hydrogen-bond donors (Lipinski definition) is 2. The molecule has 0 aromatic rings. The second kappa shape index (κ2) is 10.9. The van der Waals surface area contributed by atoms with E-state index in [1.165, 1.54) is 38.5 Å². The van der Waals surface area contributed by atoms with Gasteiger partial charge in [0.1, 0.15) is 0 Å². The van der Waals surface area contributed by atoms with Crippen LogP contribution in [0.3, 0.4) is 0 Å². The minimum atomic E-state index is 0.824. The number of unbranched alkanes of at least 4 members (excludes halogenated alkanes) is 3. The molecular formula is C10H24N2. The van der Waals surface area contributed by atoms with Crippen LogP contribution in [0.2, 0.25) is 0 Å². The van der Waals surface area contributed by atoms with Crippen LogP contribution in [0.5, 0.6) is 0 Å². The largest absolute Gasteiger partial charge is 0.330 e. The van der Waals surface area contributed by atoms with Crippen LogP contribution in [-0.4, -0.2) is 13.1 Å². The Bertz CT molecular complexity index is 60.2. The predicted molar refractivity (Wildman–Crippen MR) is 55.0 cm³/mol. The van der Waals surface area contributed by atoms with E-state index in [1.807, 2.05) is 0 Å². The van der Waals surface area contributed by atoms with Crippen molar-refractivity contribution in [3.8, 4) is 0 Å². The van der Waals surface area contributed by atoms with Crippen LogP contribution in [0.15, 0.2) is 0 Å². The van der Waals surface area contributed by atoms with Crippen molar-refractivity contribution in [1.82, 2.24) is 0 Å². The second-order valence-corrected chi connectivity index (χ2v) is 3.41. The summed E-state index contributed by atoms with van der Waals surface area (Å²) in [5.41, 5.74) is 10.6. The first-order valence-corrected chi connectivity index (χ1v) is 5.32. The summed E-state index contributed by atoms with van der Waals surface area (Å²) in [5.74, 6) is 0. The van der Waals surface area contributed by atoms with Crippen LogP contribution in [0, 0.1) is 0 Å². The molecule has 0 saturated heterocycles. The highest BCUT2D eigenvalue weighted by Crippen LogP contribution is 2.15. The summed E-state index contributed by atoms with van der Waals surface area (Å²) >= 11 is 0. The van der Waals surface area contributed by atoms with Gasteiger partial charge in [0.05, 0.1) is 0 Å². The third kappa shape index (κ3) is 9.92. The Kier molecular flexibility index (Phi) is 10.8. The Morgan fingerprint density at radius 2 is 0.917 bits per heavy atom. The van der Waals surface area contributed by atoms with Crippen LogP contribution >= 0.6 is 0 Å². The Morgan fingerprint density at radius 3 is 1.08 bits per heavy atom. The van der Waals surface area contributed by atoms with Gasteiger partial charge in [-0.1, -0.05) is 38.5 Å². The number of hydrogen-bond acceptors (Lipinski definition) is 2. The fourth-order valence-electron chi connectivity index (χ4n) is 0.892. The Morgan fingerprint density at radius 1 is 0.583 bits per heavy atom. The maximum Gasteiger partial charge on any atom is -0.00773 e. The van der Waals surface area contributed by atoms with Crippen molar-refractivity contribution in [3.63, 3.8) is 0 Å². The number of rotatable bonds is 5. The molecule has 1 aliphatic rings. The highest BCUT2D eigenvalue weighted by atomic mass is 14.5. The molecule has 0 spiro atoms. The zero-order valence-electron chi connectivity index (χ0n) is 8.23. The monoisotopic (exact) mass is 172 g/mol. The van der Waals surface area contributed by atoms with Crippen molar-refractivity contribution in [2.75, 3.05) is 13.1 Å². The van der Waals surface area contributed by atoms with Gasteiger partial charge in [0.15, 0.2) is 0 Å². The molecule has 12 heavy (non-hydrogen) atoms. The lowest BCUT2D eigenvalue weighted by Crippen LogP contribution is -2.00. The summed E-state index contributed by atoms with van der Waals surface area (Å²) in [6.07, 6.45) is 10.8. The summed E-state index contributed by atoms with van der Waals surface area (Å²) in [5, 5.41) is 0. The summed E-state index contributed by atoms with van der Waals surface area (Å²) < 4.78 is 0. The van der Waals surface area contributed by atoms with Gasteiger partial charge in [0.2, 0.25) is 0 Å². The van der Waals surface area contributed by atoms with Gasteiger partial charge in [-0.05, 0) is 25.9 Å². The fraction of sp³-hybridized carbons (Fsp3) is 1.00. The third-order valence-corrected chi connectivity index (χ3v) is 2.16. The van der Waals surface area contributed by atoms with Crippen molar-refractivity contribution in [2.24, 2.45) is 11.5 Å². The summed E-state index contributed by atoms with van der Waals surface area (Å²) in [7, 11) is 0. The smallest absolute Gasteiger partial charge is 0.00773 e. The maximum atomic E-state index is 5.28. The van der Waals surface area contributed by atoms with Crippen LogP contribution in [0.4, 0.5) is 0 Å². The third-order valence-electron chi connectivity index (χ3n) is 2.16. The Hall–Kier alpha value is -0.0800. The van der Waals surface area contributed by atoms with E-state index in [2.05, 4.69) is 0 Å². The molecule has 1 fully saturated rings. The van der Waals surface area contributed by atoms with Crippen molar-refractivity contribution >= 4 is 0 Å². The van der Waals surface area contributed by atoms with E-state index >= 15 is 0 Å². The molecule has 1 aliphatic carbocycles. The van der Waals surface area contributed by atoms with Crippen molar-refractivity contribution < 1.29 is 0 Å². The Balaban J connectivity index is 0.000000247. The van der Waals surface area contributed by atoms with Crippen LogP contribution in [0.1, 0.15) is 51.4 Å². The van der Waals surface area contributed by atoms with E-state index in [9.17, 15) is 0 Å². The molecule has 0 amide bonds. The highest BCUT2D eigenvalue weighted by Gasteiger charge is 1.95. The van der Waals surface area contributed by atoms with E-state index in [-0.39, 0.29) is 0 Å². The molecule has 0 bridgehead atoms. The van der Waals surface area contributed by atoms with Gasteiger partial charge >= 0.3 is 0 Å². The topological polar surface area (TPSA) is 52.0 Å². The van der Waals surface area contributed by atoms with Gasteiger partial charge in [-0.2, -0.15) is 0 Å². The summed E-state index contributed by atoms with van der Waals surface area (Å²) in [6.45, 7) is 1.65. The molecule has 0 heterocycles. The molecular weight excluding hydrogens is 148 g/mol. The van der Waals surface area contributed by atoms with E-state index in [0.29, 0.717) is 0 Å². The molecule has 0 atom stereocenters.